The molecule has 0 fully saturated rings. The average molecular weight is 248 g/mol. The topological polar surface area (TPSA) is 52.3 Å². The third kappa shape index (κ3) is 8.34. The summed E-state index contributed by atoms with van der Waals surface area (Å²) in [5, 5.41) is 0. The van der Waals surface area contributed by atoms with Crippen LogP contribution in [0.25, 0.3) is 0 Å². The van der Waals surface area contributed by atoms with Gasteiger partial charge in [0.25, 0.3) is 0 Å². The van der Waals surface area contributed by atoms with Crippen molar-refractivity contribution in [3.63, 3.8) is 0 Å². The Kier molecular flexibility index (Phi) is 11.0. The molecule has 0 saturated heterocycles. The van der Waals surface area contributed by atoms with Crippen LogP contribution in [0.4, 0.5) is 0 Å². The van der Waals surface area contributed by atoms with Gasteiger partial charge in [-0.25, -0.2) is 0 Å². The van der Waals surface area contributed by atoms with Crippen molar-refractivity contribution in [2.24, 2.45) is 5.73 Å². The van der Waals surface area contributed by atoms with E-state index in [1.807, 2.05) is 26.0 Å². The molecule has 1 aliphatic rings. The molecule has 1 rings (SSSR count). The van der Waals surface area contributed by atoms with E-state index in [1.165, 1.54) is 6.92 Å². The second-order valence-electron chi connectivity index (χ2n) is 2.85. The van der Waals surface area contributed by atoms with E-state index in [4.69, 9.17) is 10.5 Å². The molecule has 0 amide bonds. The van der Waals surface area contributed by atoms with Gasteiger partial charge in [0.2, 0.25) is 0 Å². The van der Waals surface area contributed by atoms with E-state index in [0.717, 1.165) is 24.1 Å². The van der Waals surface area contributed by atoms with Crippen molar-refractivity contribution >= 4 is 5.97 Å². The molecule has 0 aromatic rings. The van der Waals surface area contributed by atoms with E-state index < -0.39 is 0 Å². The van der Waals surface area contributed by atoms with Crippen molar-refractivity contribution in [3.8, 4) is 0 Å². The molecule has 0 bridgehead atoms. The van der Waals surface area contributed by atoms with Crippen LogP contribution >= 0.6 is 0 Å². The molecule has 0 aromatic carbocycles. The summed E-state index contributed by atoms with van der Waals surface area (Å²) in [4.78, 5) is 10.5. The summed E-state index contributed by atoms with van der Waals surface area (Å²) in [6.07, 6.45) is 5.55. The summed E-state index contributed by atoms with van der Waals surface area (Å²) >= 11 is 0. The average Bonchev–Trinajstić information content (AvgIpc) is 2.20. The predicted molar refractivity (Wildman–Crippen MR) is 57.6 cm³/mol. The van der Waals surface area contributed by atoms with Crippen molar-refractivity contribution < 1.29 is 28.1 Å². The maximum atomic E-state index is 10.5. The van der Waals surface area contributed by atoms with Crippen LogP contribution in [0.15, 0.2) is 23.4 Å². The van der Waals surface area contributed by atoms with E-state index in [-0.39, 0.29) is 24.5 Å². The standard InChI is InChI=1S/C9H13NO2.C2H6.V/c1-7(11)12-6-8-2-4-9(10)5-3-8;1-2;/h2,4H,3,5-6,10H2,1H3;1-2H3;. The molecule has 3 nitrogen and oxygen atoms in total. The first-order valence-corrected chi connectivity index (χ1v) is 4.96. The van der Waals surface area contributed by atoms with Crippen LogP contribution in [0, 0.1) is 0 Å². The summed E-state index contributed by atoms with van der Waals surface area (Å²) in [6, 6.07) is 0. The van der Waals surface area contributed by atoms with Crippen LogP contribution < -0.4 is 5.73 Å². The Morgan fingerprint density at radius 3 is 2.40 bits per heavy atom. The van der Waals surface area contributed by atoms with E-state index in [1.54, 1.807) is 0 Å². The Hall–Kier alpha value is -0.666. The molecule has 0 atom stereocenters. The second kappa shape index (κ2) is 9.87. The number of allylic oxidation sites excluding steroid dienone is 3. The maximum absolute atomic E-state index is 10.5. The van der Waals surface area contributed by atoms with Crippen molar-refractivity contribution in [2.45, 2.75) is 33.6 Å². The van der Waals surface area contributed by atoms with E-state index in [9.17, 15) is 4.79 Å². The SMILES string of the molecule is CC.CC(=O)OCC1=CC=C(N)CC1.[V]. The van der Waals surface area contributed by atoms with Crippen LogP contribution in [-0.2, 0) is 28.1 Å². The van der Waals surface area contributed by atoms with Gasteiger partial charge in [-0.15, -0.1) is 0 Å². The van der Waals surface area contributed by atoms with Gasteiger partial charge >= 0.3 is 5.97 Å². The largest absolute Gasteiger partial charge is 0.461 e. The Labute approximate surface area is 104 Å². The first-order valence-electron chi connectivity index (χ1n) is 4.96. The molecular formula is C11H19NO2V. The smallest absolute Gasteiger partial charge is 0.302 e. The number of carbonyl (C=O) groups is 1. The normalized spacial score (nSPS) is 13.5. The van der Waals surface area contributed by atoms with Crippen LogP contribution in [0.2, 0.25) is 0 Å². The first-order chi connectivity index (χ1) is 6.68. The number of carbonyl (C=O) groups excluding carboxylic acids is 1. The minimum atomic E-state index is -0.238. The minimum Gasteiger partial charge on any atom is -0.461 e. The Morgan fingerprint density at radius 2 is 2.00 bits per heavy atom. The molecule has 0 aliphatic heterocycles. The molecule has 0 spiro atoms. The van der Waals surface area contributed by atoms with E-state index >= 15 is 0 Å². The summed E-state index contributed by atoms with van der Waals surface area (Å²) in [6.45, 7) is 5.81. The summed E-state index contributed by atoms with van der Waals surface area (Å²) < 4.78 is 4.84. The quantitative estimate of drug-likeness (QED) is 0.762. The molecule has 0 saturated carbocycles. The fraction of sp³-hybridized carbons (Fsp3) is 0.545. The Balaban J connectivity index is 0. The van der Waals surface area contributed by atoms with Gasteiger partial charge in [0.1, 0.15) is 6.61 Å². The van der Waals surface area contributed by atoms with E-state index in [0.29, 0.717) is 6.61 Å². The van der Waals surface area contributed by atoms with Crippen molar-refractivity contribution in [2.75, 3.05) is 6.61 Å². The zero-order chi connectivity index (χ0) is 11.0. The van der Waals surface area contributed by atoms with Gasteiger partial charge < -0.3 is 10.5 Å². The van der Waals surface area contributed by atoms with Gasteiger partial charge in [-0.2, -0.15) is 0 Å². The van der Waals surface area contributed by atoms with Gasteiger partial charge in [0.05, 0.1) is 0 Å². The summed E-state index contributed by atoms with van der Waals surface area (Å²) in [5.41, 5.74) is 7.58. The van der Waals surface area contributed by atoms with Crippen molar-refractivity contribution in [3.05, 3.63) is 23.4 Å². The molecular weight excluding hydrogens is 229 g/mol. The van der Waals surface area contributed by atoms with Crippen LogP contribution in [0.1, 0.15) is 33.6 Å². The fourth-order valence-corrected chi connectivity index (χ4v) is 1.01. The monoisotopic (exact) mass is 248 g/mol. The zero-order valence-corrected chi connectivity index (χ0v) is 11.0. The van der Waals surface area contributed by atoms with Gasteiger partial charge in [-0.1, -0.05) is 19.9 Å². The molecule has 0 heterocycles. The van der Waals surface area contributed by atoms with Crippen LogP contribution in [0.3, 0.4) is 0 Å². The van der Waals surface area contributed by atoms with Crippen LogP contribution in [0.5, 0.6) is 0 Å². The third-order valence-corrected chi connectivity index (χ3v) is 1.73. The van der Waals surface area contributed by atoms with Crippen LogP contribution in [-0.4, -0.2) is 12.6 Å². The fourth-order valence-electron chi connectivity index (χ4n) is 1.01. The molecule has 1 radical (unpaired) electrons. The zero-order valence-electron chi connectivity index (χ0n) is 9.62. The van der Waals surface area contributed by atoms with Gasteiger partial charge in [-0.3, -0.25) is 4.79 Å². The number of hydrogen-bond donors (Lipinski definition) is 1. The van der Waals surface area contributed by atoms with Gasteiger partial charge in [0, 0.05) is 31.2 Å². The Morgan fingerprint density at radius 1 is 1.40 bits per heavy atom. The molecule has 15 heavy (non-hydrogen) atoms. The molecule has 0 unspecified atom stereocenters. The number of nitrogens with two attached hydrogens (primary N) is 1. The maximum Gasteiger partial charge on any atom is 0.302 e. The number of hydrogen-bond acceptors (Lipinski definition) is 3. The third-order valence-electron chi connectivity index (χ3n) is 1.73. The molecule has 1 aliphatic carbocycles. The van der Waals surface area contributed by atoms with Gasteiger partial charge in [-0.05, 0) is 24.5 Å². The molecule has 2 N–H and O–H groups in total. The number of rotatable bonds is 2. The summed E-state index contributed by atoms with van der Waals surface area (Å²) in [7, 11) is 0. The first kappa shape index (κ1) is 16.8. The van der Waals surface area contributed by atoms with Crippen molar-refractivity contribution in [1.29, 1.82) is 0 Å². The van der Waals surface area contributed by atoms with E-state index in [2.05, 4.69) is 0 Å². The number of esters is 1. The number of ether oxygens (including phenoxy) is 1. The molecule has 4 heteroatoms. The van der Waals surface area contributed by atoms with Crippen molar-refractivity contribution in [1.82, 2.24) is 0 Å². The molecule has 85 valence electrons. The van der Waals surface area contributed by atoms with Gasteiger partial charge in [0.15, 0.2) is 0 Å². The summed E-state index contributed by atoms with van der Waals surface area (Å²) in [5.74, 6) is -0.238. The minimum absolute atomic E-state index is 0. The second-order valence-corrected chi connectivity index (χ2v) is 2.85. The predicted octanol–water partition coefficient (Wildman–Crippen LogP) is 2.14. The Bertz CT molecular complexity index is 247. The molecule has 0 aromatic heterocycles.